The van der Waals surface area contributed by atoms with Gasteiger partial charge >= 0.3 is 0 Å². The van der Waals surface area contributed by atoms with Crippen molar-refractivity contribution in [3.05, 3.63) is 0 Å². The SMILES string of the molecule is O=C(NCCNS(=O)(=O)N1CCNCC1)C1CC1. The Morgan fingerprint density at radius 2 is 1.89 bits per heavy atom. The van der Waals surface area contributed by atoms with Crippen LogP contribution in [-0.4, -0.2) is 57.9 Å². The molecule has 0 aromatic rings. The van der Waals surface area contributed by atoms with Crippen LogP contribution >= 0.6 is 0 Å². The average Bonchev–Trinajstić information content (AvgIpc) is 3.20. The van der Waals surface area contributed by atoms with Gasteiger partial charge < -0.3 is 10.6 Å². The molecular weight excluding hydrogens is 256 g/mol. The molecule has 2 rings (SSSR count). The van der Waals surface area contributed by atoms with Crippen molar-refractivity contribution in [3.8, 4) is 0 Å². The Hall–Kier alpha value is -0.700. The molecule has 0 aromatic heterocycles. The van der Waals surface area contributed by atoms with Gasteiger partial charge in [-0.15, -0.1) is 0 Å². The number of piperazine rings is 1. The smallest absolute Gasteiger partial charge is 0.279 e. The maximum absolute atomic E-state index is 11.9. The molecule has 3 N–H and O–H groups in total. The summed E-state index contributed by atoms with van der Waals surface area (Å²) < 4.78 is 27.6. The largest absolute Gasteiger partial charge is 0.355 e. The molecule has 0 spiro atoms. The zero-order chi connectivity index (χ0) is 13.0. The summed E-state index contributed by atoms with van der Waals surface area (Å²) in [7, 11) is -3.39. The molecule has 2 fully saturated rings. The number of hydrogen-bond acceptors (Lipinski definition) is 4. The first kappa shape index (κ1) is 13.7. The van der Waals surface area contributed by atoms with Gasteiger partial charge in [-0.05, 0) is 12.8 Å². The molecule has 7 nitrogen and oxygen atoms in total. The molecule has 1 saturated carbocycles. The first-order valence-electron chi connectivity index (χ1n) is 6.33. The molecule has 1 amide bonds. The third-order valence-corrected chi connectivity index (χ3v) is 4.69. The Kier molecular flexibility index (Phi) is 4.55. The lowest BCUT2D eigenvalue weighted by Crippen LogP contribution is -2.51. The Morgan fingerprint density at radius 1 is 1.22 bits per heavy atom. The number of amides is 1. The maximum atomic E-state index is 11.9. The molecule has 0 unspecified atom stereocenters. The Labute approximate surface area is 107 Å². The van der Waals surface area contributed by atoms with E-state index < -0.39 is 10.2 Å². The van der Waals surface area contributed by atoms with Crippen molar-refractivity contribution in [1.82, 2.24) is 19.7 Å². The van der Waals surface area contributed by atoms with Crippen molar-refractivity contribution in [2.45, 2.75) is 12.8 Å². The molecule has 8 heteroatoms. The van der Waals surface area contributed by atoms with Crippen LogP contribution in [-0.2, 0) is 15.0 Å². The standard InChI is InChI=1S/C10H20N4O3S/c15-10(9-1-2-9)12-3-4-13-18(16,17)14-7-5-11-6-8-14/h9,11,13H,1-8H2,(H,12,15). The second kappa shape index (κ2) is 5.96. The Morgan fingerprint density at radius 3 is 2.50 bits per heavy atom. The van der Waals surface area contributed by atoms with Crippen molar-refractivity contribution >= 4 is 16.1 Å². The van der Waals surface area contributed by atoms with Crippen molar-refractivity contribution in [3.63, 3.8) is 0 Å². The van der Waals surface area contributed by atoms with Crippen LogP contribution in [0.1, 0.15) is 12.8 Å². The number of nitrogens with one attached hydrogen (secondary N) is 3. The third-order valence-electron chi connectivity index (χ3n) is 3.07. The molecule has 0 radical (unpaired) electrons. The monoisotopic (exact) mass is 276 g/mol. The van der Waals surface area contributed by atoms with Crippen molar-refractivity contribution in [2.75, 3.05) is 39.3 Å². The maximum Gasteiger partial charge on any atom is 0.279 e. The van der Waals surface area contributed by atoms with E-state index in [0.717, 1.165) is 12.8 Å². The van der Waals surface area contributed by atoms with Crippen LogP contribution in [0.15, 0.2) is 0 Å². The van der Waals surface area contributed by atoms with Gasteiger partial charge in [-0.3, -0.25) is 4.79 Å². The summed E-state index contributed by atoms with van der Waals surface area (Å²) in [6.07, 6.45) is 1.91. The Bertz CT molecular complexity index is 388. The second-order valence-corrected chi connectivity index (χ2v) is 6.37. The van der Waals surface area contributed by atoms with E-state index in [1.165, 1.54) is 4.31 Å². The number of hydrogen-bond donors (Lipinski definition) is 3. The summed E-state index contributed by atoms with van der Waals surface area (Å²) in [6.45, 7) is 2.93. The van der Waals surface area contributed by atoms with E-state index in [0.29, 0.717) is 32.7 Å². The number of nitrogens with zero attached hydrogens (tertiary/aromatic N) is 1. The molecule has 2 aliphatic rings. The van der Waals surface area contributed by atoms with Crippen molar-refractivity contribution in [2.24, 2.45) is 5.92 Å². The van der Waals surface area contributed by atoms with Gasteiger partial charge in [-0.1, -0.05) is 0 Å². The van der Waals surface area contributed by atoms with E-state index in [1.807, 2.05) is 0 Å². The summed E-state index contributed by atoms with van der Waals surface area (Å²) in [4.78, 5) is 11.3. The van der Waals surface area contributed by atoms with Gasteiger partial charge in [0, 0.05) is 45.2 Å². The Balaban J connectivity index is 1.66. The van der Waals surface area contributed by atoms with Crippen LogP contribution in [0.4, 0.5) is 0 Å². The fourth-order valence-electron chi connectivity index (χ4n) is 1.83. The van der Waals surface area contributed by atoms with E-state index in [9.17, 15) is 13.2 Å². The van der Waals surface area contributed by atoms with Gasteiger partial charge in [0.05, 0.1) is 0 Å². The highest BCUT2D eigenvalue weighted by atomic mass is 32.2. The molecule has 1 heterocycles. The van der Waals surface area contributed by atoms with Crippen molar-refractivity contribution < 1.29 is 13.2 Å². The van der Waals surface area contributed by atoms with Gasteiger partial charge in [0.2, 0.25) is 5.91 Å². The van der Waals surface area contributed by atoms with Gasteiger partial charge in [0.25, 0.3) is 10.2 Å². The minimum Gasteiger partial charge on any atom is -0.355 e. The fraction of sp³-hybridized carbons (Fsp3) is 0.900. The lowest BCUT2D eigenvalue weighted by atomic mass is 10.4. The van der Waals surface area contributed by atoms with Gasteiger partial charge in [-0.2, -0.15) is 12.7 Å². The molecule has 1 aliphatic heterocycles. The molecule has 104 valence electrons. The summed E-state index contributed by atoms with van der Waals surface area (Å²) >= 11 is 0. The summed E-state index contributed by atoms with van der Waals surface area (Å²) in [5.41, 5.74) is 0. The molecular formula is C10H20N4O3S. The zero-order valence-corrected chi connectivity index (χ0v) is 11.1. The predicted octanol–water partition coefficient (Wildman–Crippen LogP) is -1.75. The lowest BCUT2D eigenvalue weighted by molar-refractivity contribution is -0.122. The second-order valence-electron chi connectivity index (χ2n) is 4.61. The van der Waals surface area contributed by atoms with Crippen LogP contribution in [0.5, 0.6) is 0 Å². The highest BCUT2D eigenvalue weighted by Crippen LogP contribution is 2.28. The van der Waals surface area contributed by atoms with Crippen LogP contribution in [0.2, 0.25) is 0 Å². The molecule has 1 saturated heterocycles. The summed E-state index contributed by atoms with van der Waals surface area (Å²) in [5, 5.41) is 5.82. The van der Waals surface area contributed by atoms with E-state index in [1.54, 1.807) is 0 Å². The highest BCUT2D eigenvalue weighted by Gasteiger charge is 2.29. The zero-order valence-electron chi connectivity index (χ0n) is 10.3. The number of carbonyl (C=O) groups is 1. The third kappa shape index (κ3) is 3.91. The molecule has 1 aliphatic carbocycles. The highest BCUT2D eigenvalue weighted by molar-refractivity contribution is 7.87. The number of rotatable bonds is 6. The normalized spacial score (nSPS) is 21.8. The van der Waals surface area contributed by atoms with Gasteiger partial charge in [0.1, 0.15) is 0 Å². The number of carbonyl (C=O) groups excluding carboxylic acids is 1. The fourth-order valence-corrected chi connectivity index (χ4v) is 3.04. The minimum absolute atomic E-state index is 0.0383. The average molecular weight is 276 g/mol. The molecule has 0 bridgehead atoms. The predicted molar refractivity (Wildman–Crippen MR) is 67.1 cm³/mol. The molecule has 0 aromatic carbocycles. The first-order chi connectivity index (χ1) is 8.59. The molecule has 0 atom stereocenters. The minimum atomic E-state index is -3.39. The summed E-state index contributed by atoms with van der Waals surface area (Å²) in [5.74, 6) is 0.200. The summed E-state index contributed by atoms with van der Waals surface area (Å²) in [6, 6.07) is 0. The van der Waals surface area contributed by atoms with E-state index in [2.05, 4.69) is 15.4 Å². The first-order valence-corrected chi connectivity index (χ1v) is 7.77. The van der Waals surface area contributed by atoms with Crippen LogP contribution in [0.25, 0.3) is 0 Å². The topological polar surface area (TPSA) is 90.5 Å². The quantitative estimate of drug-likeness (QED) is 0.502. The van der Waals surface area contributed by atoms with E-state index >= 15 is 0 Å². The van der Waals surface area contributed by atoms with Crippen molar-refractivity contribution in [1.29, 1.82) is 0 Å². The van der Waals surface area contributed by atoms with Gasteiger partial charge in [0.15, 0.2) is 0 Å². The lowest BCUT2D eigenvalue weighted by Gasteiger charge is -2.26. The van der Waals surface area contributed by atoms with Crippen LogP contribution in [0, 0.1) is 5.92 Å². The van der Waals surface area contributed by atoms with E-state index in [-0.39, 0.29) is 18.4 Å². The van der Waals surface area contributed by atoms with E-state index in [4.69, 9.17) is 0 Å². The van der Waals surface area contributed by atoms with Gasteiger partial charge in [-0.25, -0.2) is 4.72 Å². The van der Waals surface area contributed by atoms with Crippen LogP contribution in [0.3, 0.4) is 0 Å². The molecule has 18 heavy (non-hydrogen) atoms. The van der Waals surface area contributed by atoms with Crippen LogP contribution < -0.4 is 15.4 Å².